The molecule has 67 heavy (non-hydrogen) atoms. The summed E-state index contributed by atoms with van der Waals surface area (Å²) in [4.78, 5) is 55.0. The topological polar surface area (TPSA) is 129 Å². The minimum absolute atomic E-state index is 0.000633. The zero-order valence-electron chi connectivity index (χ0n) is 36.1. The van der Waals surface area contributed by atoms with E-state index in [1.807, 2.05) is 36.1 Å². The van der Waals surface area contributed by atoms with Crippen LogP contribution >= 0.6 is 38.6 Å². The lowest BCUT2D eigenvalue weighted by molar-refractivity contribution is -0.196. The average Bonchev–Trinajstić information content (AvgIpc) is 3.89. The molecule has 3 unspecified atom stereocenters. The molecule has 21 heteroatoms. The van der Waals surface area contributed by atoms with Crippen molar-refractivity contribution < 1.29 is 40.3 Å². The fourth-order valence-electron chi connectivity index (χ4n) is 9.01. The molecule has 2 aromatic carbocycles. The molecule has 5 atom stereocenters. The summed E-state index contributed by atoms with van der Waals surface area (Å²) in [5.41, 5.74) is 1.51. The SMILES string of the molecule is Cc1nc(C(=O)N2CCC(c3cccc(-c4sc(C)nc4C(=O)N4CCC[C@@H](C(F)(F)F)C4CNc4ccc(C(F)(F)F)cn4)c3)[C@@H](C)C2CNc2ncc(Br)cn2)c(-c2ccc(F)cc2)s1. The van der Waals surface area contributed by atoms with Crippen LogP contribution in [0.5, 0.6) is 0 Å². The van der Waals surface area contributed by atoms with Crippen molar-refractivity contribution in [1.82, 2.24) is 34.7 Å². The van der Waals surface area contributed by atoms with Gasteiger partial charge < -0.3 is 20.4 Å². The Morgan fingerprint density at radius 2 is 1.39 bits per heavy atom. The fraction of sp³-hybridized carbons (Fsp3) is 0.370. The van der Waals surface area contributed by atoms with E-state index in [-0.39, 0.29) is 60.9 Å². The second kappa shape index (κ2) is 19.6. The molecule has 6 aromatic rings. The fourth-order valence-corrected chi connectivity index (χ4v) is 11.0. The second-order valence-corrected chi connectivity index (χ2v) is 19.9. The summed E-state index contributed by atoms with van der Waals surface area (Å²) in [5, 5.41) is 7.25. The van der Waals surface area contributed by atoms with E-state index < -0.39 is 54.2 Å². The summed E-state index contributed by atoms with van der Waals surface area (Å²) < 4.78 is 98.0. The van der Waals surface area contributed by atoms with Crippen molar-refractivity contribution in [3.63, 3.8) is 0 Å². The average molecular weight is 1030 g/mol. The molecule has 0 spiro atoms. The van der Waals surface area contributed by atoms with Crippen LogP contribution < -0.4 is 10.6 Å². The molecule has 2 N–H and O–H groups in total. The number of aryl methyl sites for hydroxylation is 2. The number of benzene rings is 2. The number of alkyl halides is 6. The third-order valence-electron chi connectivity index (χ3n) is 12.3. The molecular formula is C46H43BrF7N9O2S2. The summed E-state index contributed by atoms with van der Waals surface area (Å²) in [6, 6.07) is 13.6. The third-order valence-corrected chi connectivity index (χ3v) is 14.7. The lowest BCUT2D eigenvalue weighted by Gasteiger charge is -2.44. The van der Waals surface area contributed by atoms with Gasteiger partial charge in [-0.05, 0) is 108 Å². The maximum atomic E-state index is 14.6. The minimum Gasteiger partial charge on any atom is -0.368 e. The van der Waals surface area contributed by atoms with Gasteiger partial charge in [0.2, 0.25) is 5.95 Å². The first-order chi connectivity index (χ1) is 31.8. The van der Waals surface area contributed by atoms with Crippen molar-refractivity contribution in [2.24, 2.45) is 11.8 Å². The third kappa shape index (κ3) is 10.6. The van der Waals surface area contributed by atoms with E-state index in [1.54, 1.807) is 31.5 Å². The summed E-state index contributed by atoms with van der Waals surface area (Å²) in [6.45, 7) is 5.82. The highest BCUT2D eigenvalue weighted by molar-refractivity contribution is 9.10. The van der Waals surface area contributed by atoms with Crippen LogP contribution in [0.3, 0.4) is 0 Å². The number of carbonyl (C=O) groups is 2. The number of hydrogen-bond acceptors (Lipinski definition) is 11. The smallest absolute Gasteiger partial charge is 0.368 e. The van der Waals surface area contributed by atoms with Crippen LogP contribution in [0.1, 0.15) is 74.2 Å². The van der Waals surface area contributed by atoms with Crippen LogP contribution in [0.4, 0.5) is 42.5 Å². The standard InChI is InChI=1S/C46H43BrF7N9O2S2/c1-24-33(15-17-63(35(24)22-59-44-57-20-31(47)21-58-44)43(65)38-40(66-25(2)60-38)27-9-12-32(48)13-10-27)28-6-4-7-29(18-28)41-39(61-26(3)67-41)42(64)62-16-5-8-34(46(52,53)54)36(62)23-56-37-14-11-30(19-55-37)45(49,50)51/h4,6-7,9-14,18-21,24,33-36H,5,8,15-17,22-23H2,1-3H3,(H,55,56)(H,57,58,59)/t24-,33?,34-,35?,36?/m1/s1. The number of pyridine rings is 1. The molecule has 2 aliphatic rings. The minimum atomic E-state index is -4.67. The van der Waals surface area contributed by atoms with Gasteiger partial charge in [-0.15, -0.1) is 22.7 Å². The zero-order valence-corrected chi connectivity index (χ0v) is 39.3. The van der Waals surface area contributed by atoms with Crippen LogP contribution in [0, 0.1) is 31.5 Å². The van der Waals surface area contributed by atoms with Crippen LogP contribution in [-0.2, 0) is 6.18 Å². The number of amides is 2. The highest BCUT2D eigenvalue weighted by atomic mass is 79.9. The van der Waals surface area contributed by atoms with E-state index in [2.05, 4.69) is 58.4 Å². The van der Waals surface area contributed by atoms with Crippen LogP contribution in [0.25, 0.3) is 20.9 Å². The number of piperidine rings is 2. The number of nitrogens with zero attached hydrogens (tertiary/aromatic N) is 7. The van der Waals surface area contributed by atoms with Crippen molar-refractivity contribution in [2.75, 3.05) is 36.8 Å². The summed E-state index contributed by atoms with van der Waals surface area (Å²) in [6.07, 6.45) is -5.09. The van der Waals surface area contributed by atoms with E-state index in [0.717, 1.165) is 17.7 Å². The number of nitrogens with one attached hydrogen (secondary N) is 2. The number of rotatable bonds is 11. The Balaban J connectivity index is 1.07. The Kier molecular flexibility index (Phi) is 14.0. The largest absolute Gasteiger partial charge is 0.417 e. The van der Waals surface area contributed by atoms with Gasteiger partial charge in [0, 0.05) is 44.8 Å². The number of aromatic nitrogens is 5. The van der Waals surface area contributed by atoms with E-state index in [9.17, 15) is 40.3 Å². The van der Waals surface area contributed by atoms with Crippen molar-refractivity contribution in [3.8, 4) is 20.9 Å². The quantitative estimate of drug-likeness (QED) is 0.122. The lowest BCUT2D eigenvalue weighted by Crippen LogP contribution is -2.55. The monoisotopic (exact) mass is 1030 g/mol. The lowest BCUT2D eigenvalue weighted by atomic mass is 9.76. The zero-order chi connectivity index (χ0) is 47.8. The molecule has 0 radical (unpaired) electrons. The Hall–Kier alpha value is -5.54. The van der Waals surface area contributed by atoms with Gasteiger partial charge in [-0.25, -0.2) is 29.3 Å². The maximum absolute atomic E-state index is 14.6. The molecule has 8 rings (SSSR count). The first kappa shape index (κ1) is 47.9. The van der Waals surface area contributed by atoms with Crippen LogP contribution in [-0.4, -0.2) is 91.0 Å². The number of carbonyl (C=O) groups excluding carboxylic acids is 2. The van der Waals surface area contributed by atoms with Crippen molar-refractivity contribution in [2.45, 2.75) is 70.4 Å². The van der Waals surface area contributed by atoms with Crippen LogP contribution in [0.2, 0.25) is 0 Å². The molecule has 6 heterocycles. The van der Waals surface area contributed by atoms with Gasteiger partial charge in [0.1, 0.15) is 23.0 Å². The van der Waals surface area contributed by atoms with E-state index in [0.29, 0.717) is 60.5 Å². The number of hydrogen-bond donors (Lipinski definition) is 2. The Labute approximate surface area is 397 Å². The molecule has 2 amide bonds. The van der Waals surface area contributed by atoms with Gasteiger partial charge in [0.05, 0.1) is 47.8 Å². The predicted octanol–water partition coefficient (Wildman–Crippen LogP) is 11.3. The molecule has 11 nitrogen and oxygen atoms in total. The van der Waals surface area contributed by atoms with Gasteiger partial charge >= 0.3 is 12.4 Å². The summed E-state index contributed by atoms with van der Waals surface area (Å²) in [5.74, 6) is -3.25. The molecule has 4 aromatic heterocycles. The highest BCUT2D eigenvalue weighted by Crippen LogP contribution is 2.43. The maximum Gasteiger partial charge on any atom is 0.417 e. The van der Waals surface area contributed by atoms with Gasteiger partial charge in [0.25, 0.3) is 11.8 Å². The van der Waals surface area contributed by atoms with Crippen molar-refractivity contribution in [1.29, 1.82) is 0 Å². The van der Waals surface area contributed by atoms with Gasteiger partial charge in [-0.3, -0.25) is 9.59 Å². The number of halogens is 8. The normalized spacial score (nSPS) is 20.2. The summed E-state index contributed by atoms with van der Waals surface area (Å²) in [7, 11) is 0. The van der Waals surface area contributed by atoms with Gasteiger partial charge in [0.15, 0.2) is 0 Å². The van der Waals surface area contributed by atoms with Crippen molar-refractivity contribution >= 4 is 62.2 Å². The molecule has 2 fully saturated rings. The molecule has 0 saturated carbocycles. The molecule has 2 saturated heterocycles. The highest BCUT2D eigenvalue weighted by Gasteiger charge is 2.50. The number of thiazole rings is 2. The molecule has 0 bridgehead atoms. The number of anilines is 2. The van der Waals surface area contributed by atoms with E-state index >= 15 is 0 Å². The Bertz CT molecular complexity index is 2720. The first-order valence-electron chi connectivity index (χ1n) is 21.3. The van der Waals surface area contributed by atoms with Gasteiger partial charge in [-0.2, -0.15) is 26.3 Å². The molecule has 352 valence electrons. The van der Waals surface area contributed by atoms with Crippen molar-refractivity contribution in [3.05, 3.63) is 122 Å². The molecule has 2 aliphatic heterocycles. The Morgan fingerprint density at radius 1 is 0.761 bits per heavy atom. The summed E-state index contributed by atoms with van der Waals surface area (Å²) >= 11 is 5.96. The first-order valence-corrected chi connectivity index (χ1v) is 23.8. The Morgan fingerprint density at radius 3 is 2.00 bits per heavy atom. The van der Waals surface area contributed by atoms with Gasteiger partial charge in [-0.1, -0.05) is 37.3 Å². The molecular weight excluding hydrogens is 988 g/mol. The van der Waals surface area contributed by atoms with E-state index in [1.165, 1.54) is 39.7 Å². The molecule has 0 aliphatic carbocycles. The second-order valence-electron chi connectivity index (χ2n) is 16.5. The van der Waals surface area contributed by atoms with Crippen LogP contribution in [0.15, 0.2) is 83.7 Å². The predicted molar refractivity (Wildman–Crippen MR) is 245 cm³/mol. The number of likely N-dealkylation sites (tertiary alicyclic amines) is 2. The van der Waals surface area contributed by atoms with E-state index in [4.69, 9.17) is 0 Å².